The largest absolute Gasteiger partial charge is 0.511 e. The Kier molecular flexibility index (Phi) is 4.16. The zero-order valence-electron chi connectivity index (χ0n) is 9.91. The standard InChI is InChI=1S/C12H10BrNO5/c1-17-12(16)19-11-9(8(13)10(15)18-11)14-7-5-3-2-4-6-7/h2-6,8,11H,1H3. The number of esters is 1. The SMILES string of the molecule is COC(=O)OC1OC(=O)C(Br)C1=Nc1ccccc1. The molecule has 1 aliphatic heterocycles. The summed E-state index contributed by atoms with van der Waals surface area (Å²) in [7, 11) is 1.17. The molecule has 2 rings (SSSR count). The van der Waals surface area contributed by atoms with Gasteiger partial charge >= 0.3 is 12.1 Å². The zero-order chi connectivity index (χ0) is 13.8. The maximum atomic E-state index is 11.5. The molecular weight excluding hydrogens is 318 g/mol. The summed E-state index contributed by atoms with van der Waals surface area (Å²) in [5, 5.41) is 0. The van der Waals surface area contributed by atoms with E-state index in [-0.39, 0.29) is 5.71 Å². The summed E-state index contributed by atoms with van der Waals surface area (Å²) >= 11 is 3.14. The van der Waals surface area contributed by atoms with E-state index in [1.165, 1.54) is 7.11 Å². The Morgan fingerprint density at radius 1 is 1.37 bits per heavy atom. The minimum atomic E-state index is -1.18. The second kappa shape index (κ2) is 5.83. The number of benzene rings is 1. The summed E-state index contributed by atoms with van der Waals surface area (Å²) in [6.45, 7) is 0. The van der Waals surface area contributed by atoms with Crippen molar-refractivity contribution in [1.29, 1.82) is 0 Å². The normalized spacial score (nSPS) is 24.1. The van der Waals surface area contributed by atoms with Gasteiger partial charge in [0.1, 0.15) is 5.71 Å². The third kappa shape index (κ3) is 3.11. The van der Waals surface area contributed by atoms with Crippen LogP contribution < -0.4 is 0 Å². The molecule has 7 heteroatoms. The van der Waals surface area contributed by atoms with Crippen molar-refractivity contribution in [2.75, 3.05) is 7.11 Å². The predicted octanol–water partition coefficient (Wildman–Crippen LogP) is 2.19. The summed E-state index contributed by atoms with van der Waals surface area (Å²) in [5.41, 5.74) is 0.889. The molecule has 0 saturated carbocycles. The number of cyclic esters (lactones) is 1. The average molecular weight is 328 g/mol. The average Bonchev–Trinajstić information content (AvgIpc) is 2.67. The Bertz CT molecular complexity index is 516. The highest BCUT2D eigenvalue weighted by Gasteiger charge is 2.42. The quantitative estimate of drug-likeness (QED) is 0.614. The second-order valence-electron chi connectivity index (χ2n) is 3.58. The predicted molar refractivity (Wildman–Crippen MR) is 69.6 cm³/mol. The molecule has 1 aliphatic rings. The Morgan fingerprint density at radius 2 is 2.05 bits per heavy atom. The van der Waals surface area contributed by atoms with E-state index in [1.807, 2.05) is 6.07 Å². The molecule has 0 aromatic heterocycles. The van der Waals surface area contributed by atoms with Crippen LogP contribution >= 0.6 is 15.9 Å². The van der Waals surface area contributed by atoms with Gasteiger partial charge in [0.2, 0.25) is 0 Å². The maximum absolute atomic E-state index is 11.5. The first-order valence-electron chi connectivity index (χ1n) is 5.34. The number of hydrogen-bond acceptors (Lipinski definition) is 6. The van der Waals surface area contributed by atoms with Crippen LogP contribution in [0.2, 0.25) is 0 Å². The van der Waals surface area contributed by atoms with Crippen LogP contribution in [0.15, 0.2) is 35.3 Å². The fraction of sp³-hybridized carbons (Fsp3) is 0.250. The topological polar surface area (TPSA) is 74.2 Å². The molecule has 0 N–H and O–H groups in total. The number of rotatable bonds is 2. The van der Waals surface area contributed by atoms with Crippen LogP contribution in [0.1, 0.15) is 0 Å². The lowest BCUT2D eigenvalue weighted by atomic mass is 10.2. The van der Waals surface area contributed by atoms with Gasteiger partial charge in [-0.3, -0.25) is 4.79 Å². The highest BCUT2D eigenvalue weighted by Crippen LogP contribution is 2.24. The molecule has 6 nitrogen and oxygen atoms in total. The Morgan fingerprint density at radius 3 is 2.68 bits per heavy atom. The lowest BCUT2D eigenvalue weighted by Gasteiger charge is -2.10. The number of halogens is 1. The summed E-state index contributed by atoms with van der Waals surface area (Å²) in [6.07, 6.45) is -2.12. The van der Waals surface area contributed by atoms with Gasteiger partial charge < -0.3 is 14.2 Å². The fourth-order valence-electron chi connectivity index (χ4n) is 1.45. The first kappa shape index (κ1) is 13.5. The summed E-state index contributed by atoms with van der Waals surface area (Å²) in [5.74, 6) is -0.566. The number of methoxy groups -OCH3 is 1. The molecule has 1 heterocycles. The van der Waals surface area contributed by atoms with Gasteiger partial charge in [-0.15, -0.1) is 0 Å². The number of carbonyl (C=O) groups excluding carboxylic acids is 2. The van der Waals surface area contributed by atoms with Crippen LogP contribution in [0.25, 0.3) is 0 Å². The Hall–Kier alpha value is -1.89. The van der Waals surface area contributed by atoms with Gasteiger partial charge in [-0.05, 0) is 12.1 Å². The number of ether oxygens (including phenoxy) is 3. The van der Waals surface area contributed by atoms with Gasteiger partial charge in [0.15, 0.2) is 4.83 Å². The van der Waals surface area contributed by atoms with Gasteiger partial charge in [-0.25, -0.2) is 9.79 Å². The summed E-state index contributed by atoms with van der Waals surface area (Å²) in [6, 6.07) is 8.95. The van der Waals surface area contributed by atoms with Crippen LogP contribution in [0.5, 0.6) is 0 Å². The molecule has 1 saturated heterocycles. The van der Waals surface area contributed by atoms with Crippen molar-refractivity contribution in [2.24, 2.45) is 4.99 Å². The molecule has 0 spiro atoms. The van der Waals surface area contributed by atoms with Crippen LogP contribution in [0, 0.1) is 0 Å². The van der Waals surface area contributed by atoms with Crippen LogP contribution in [0.3, 0.4) is 0 Å². The number of aliphatic imine (C=N–C) groups is 1. The molecule has 1 aromatic carbocycles. The zero-order valence-corrected chi connectivity index (χ0v) is 11.5. The van der Waals surface area contributed by atoms with E-state index < -0.39 is 23.2 Å². The molecule has 19 heavy (non-hydrogen) atoms. The maximum Gasteiger partial charge on any atom is 0.511 e. The fourth-order valence-corrected chi connectivity index (χ4v) is 1.87. The first-order chi connectivity index (χ1) is 9.11. The highest BCUT2D eigenvalue weighted by molar-refractivity contribution is 9.10. The van der Waals surface area contributed by atoms with E-state index in [4.69, 9.17) is 9.47 Å². The molecule has 1 fully saturated rings. The number of para-hydroxylation sites is 1. The van der Waals surface area contributed by atoms with Crippen LogP contribution in [-0.4, -0.2) is 36.1 Å². The minimum absolute atomic E-state index is 0.265. The molecule has 0 aliphatic carbocycles. The van der Waals surface area contributed by atoms with Crippen molar-refractivity contribution < 1.29 is 23.8 Å². The molecule has 0 bridgehead atoms. The van der Waals surface area contributed by atoms with Gasteiger partial charge in [0, 0.05) is 0 Å². The summed E-state index contributed by atoms with van der Waals surface area (Å²) in [4.78, 5) is 26.0. The monoisotopic (exact) mass is 327 g/mol. The molecule has 2 atom stereocenters. The van der Waals surface area contributed by atoms with Gasteiger partial charge in [-0.2, -0.15) is 0 Å². The number of alkyl halides is 1. The third-order valence-electron chi connectivity index (χ3n) is 2.32. The Balaban J connectivity index is 2.26. The molecular formula is C12H10BrNO5. The van der Waals surface area contributed by atoms with Gasteiger partial charge in [0.05, 0.1) is 12.8 Å². The van der Waals surface area contributed by atoms with E-state index >= 15 is 0 Å². The summed E-state index contributed by atoms with van der Waals surface area (Å²) < 4.78 is 14.1. The smallest absolute Gasteiger partial charge is 0.438 e. The van der Waals surface area contributed by atoms with Crippen molar-refractivity contribution in [1.82, 2.24) is 0 Å². The second-order valence-corrected chi connectivity index (χ2v) is 4.49. The van der Waals surface area contributed by atoms with Crippen molar-refractivity contribution in [3.63, 3.8) is 0 Å². The number of nitrogens with zero attached hydrogens (tertiary/aromatic N) is 1. The van der Waals surface area contributed by atoms with Crippen molar-refractivity contribution >= 4 is 39.5 Å². The lowest BCUT2D eigenvalue weighted by Crippen LogP contribution is -2.26. The molecule has 100 valence electrons. The van der Waals surface area contributed by atoms with Crippen molar-refractivity contribution in [2.45, 2.75) is 11.1 Å². The molecule has 2 unspecified atom stereocenters. The van der Waals surface area contributed by atoms with Crippen LogP contribution in [-0.2, 0) is 19.0 Å². The number of carbonyl (C=O) groups is 2. The van der Waals surface area contributed by atoms with E-state index in [9.17, 15) is 9.59 Å². The lowest BCUT2D eigenvalue weighted by molar-refractivity contribution is -0.152. The van der Waals surface area contributed by atoms with E-state index in [1.54, 1.807) is 24.3 Å². The van der Waals surface area contributed by atoms with Crippen LogP contribution in [0.4, 0.5) is 10.5 Å². The first-order valence-corrected chi connectivity index (χ1v) is 6.26. The molecule has 0 radical (unpaired) electrons. The van der Waals surface area contributed by atoms with E-state index in [2.05, 4.69) is 25.7 Å². The van der Waals surface area contributed by atoms with Crippen molar-refractivity contribution in [3.05, 3.63) is 30.3 Å². The molecule has 1 aromatic rings. The van der Waals surface area contributed by atoms with E-state index in [0.717, 1.165) is 0 Å². The van der Waals surface area contributed by atoms with E-state index in [0.29, 0.717) is 5.69 Å². The number of hydrogen-bond donors (Lipinski definition) is 0. The third-order valence-corrected chi connectivity index (χ3v) is 3.16. The van der Waals surface area contributed by atoms with Gasteiger partial charge in [0.25, 0.3) is 6.29 Å². The highest BCUT2D eigenvalue weighted by atomic mass is 79.9. The molecule has 0 amide bonds. The van der Waals surface area contributed by atoms with Crippen molar-refractivity contribution in [3.8, 4) is 0 Å². The minimum Gasteiger partial charge on any atom is -0.438 e. The van der Waals surface area contributed by atoms with Gasteiger partial charge in [-0.1, -0.05) is 34.1 Å². The Labute approximate surface area is 117 Å².